The lowest BCUT2D eigenvalue weighted by atomic mass is 10.1. The van der Waals surface area contributed by atoms with Crippen LogP contribution in [0, 0.1) is 0 Å². The van der Waals surface area contributed by atoms with Crippen molar-refractivity contribution in [3.05, 3.63) is 12.2 Å². The Hall–Kier alpha value is -0.500. The van der Waals surface area contributed by atoms with Crippen LogP contribution < -0.4 is 0 Å². The van der Waals surface area contributed by atoms with Crippen molar-refractivity contribution in [2.45, 2.75) is 77.0 Å². The van der Waals surface area contributed by atoms with Gasteiger partial charge in [0.05, 0.1) is 0 Å². The minimum absolute atomic E-state index is 0.323. The molecule has 0 fully saturated rings. The SMILES string of the molecule is O=C(O)CCCCCCC/C=C\CCCCCCCl. The molecule has 0 bridgehead atoms. The average Bonchev–Trinajstić information content (AvgIpc) is 2.39. The number of carbonyl (C=O) groups is 1. The summed E-state index contributed by atoms with van der Waals surface area (Å²) in [6, 6.07) is 0. The molecule has 0 atom stereocenters. The molecule has 1 N–H and O–H groups in total. The number of hydrogen-bond acceptors (Lipinski definition) is 1. The molecule has 2 nitrogen and oxygen atoms in total. The number of carboxylic acid groups (broad SMARTS) is 1. The quantitative estimate of drug-likeness (QED) is 0.258. The van der Waals surface area contributed by atoms with Gasteiger partial charge in [-0.15, -0.1) is 11.6 Å². The molecule has 0 heterocycles. The Morgan fingerprint density at radius 2 is 1.26 bits per heavy atom. The summed E-state index contributed by atoms with van der Waals surface area (Å²) in [6.07, 6.45) is 17.7. The van der Waals surface area contributed by atoms with Gasteiger partial charge in [0.1, 0.15) is 0 Å². The van der Waals surface area contributed by atoms with Gasteiger partial charge in [-0.2, -0.15) is 0 Å². The van der Waals surface area contributed by atoms with Crippen LogP contribution in [0.3, 0.4) is 0 Å². The van der Waals surface area contributed by atoms with Crippen LogP contribution in [0.25, 0.3) is 0 Å². The van der Waals surface area contributed by atoms with E-state index >= 15 is 0 Å². The summed E-state index contributed by atoms with van der Waals surface area (Å²) >= 11 is 5.62. The monoisotopic (exact) mass is 288 g/mol. The van der Waals surface area contributed by atoms with Gasteiger partial charge < -0.3 is 5.11 Å². The highest BCUT2D eigenvalue weighted by Gasteiger charge is 1.95. The average molecular weight is 289 g/mol. The topological polar surface area (TPSA) is 37.3 Å². The molecule has 0 spiro atoms. The Kier molecular flexibility index (Phi) is 15.1. The molecule has 0 aliphatic heterocycles. The van der Waals surface area contributed by atoms with Crippen molar-refractivity contribution in [1.82, 2.24) is 0 Å². The lowest BCUT2D eigenvalue weighted by Gasteiger charge is -1.98. The van der Waals surface area contributed by atoms with Gasteiger partial charge in [0.2, 0.25) is 0 Å². The lowest BCUT2D eigenvalue weighted by molar-refractivity contribution is -0.137. The van der Waals surface area contributed by atoms with Crippen molar-refractivity contribution in [2.24, 2.45) is 0 Å². The van der Waals surface area contributed by atoms with Crippen molar-refractivity contribution < 1.29 is 9.90 Å². The van der Waals surface area contributed by atoms with Crippen LogP contribution in [0.2, 0.25) is 0 Å². The number of rotatable bonds is 14. The lowest BCUT2D eigenvalue weighted by Crippen LogP contribution is -1.93. The van der Waals surface area contributed by atoms with Crippen LogP contribution in [0.4, 0.5) is 0 Å². The molecule has 0 unspecified atom stereocenters. The third-order valence-electron chi connectivity index (χ3n) is 3.18. The van der Waals surface area contributed by atoms with Crippen molar-refractivity contribution >= 4 is 17.6 Å². The van der Waals surface area contributed by atoms with E-state index in [-0.39, 0.29) is 0 Å². The highest BCUT2D eigenvalue weighted by molar-refractivity contribution is 6.17. The van der Waals surface area contributed by atoms with Crippen LogP contribution in [-0.2, 0) is 4.79 Å². The highest BCUT2D eigenvalue weighted by Crippen LogP contribution is 2.09. The van der Waals surface area contributed by atoms with Gasteiger partial charge in [0.25, 0.3) is 0 Å². The standard InChI is InChI=1S/C16H29ClO2/c17-15-13-11-9-7-5-3-1-2-4-6-8-10-12-14-16(18)19/h1,3H,2,4-15H2,(H,18,19)/b3-1-. The summed E-state index contributed by atoms with van der Waals surface area (Å²) in [5.74, 6) is 0.122. The zero-order chi connectivity index (χ0) is 14.2. The normalized spacial score (nSPS) is 11.2. The maximum Gasteiger partial charge on any atom is 0.303 e. The molecule has 0 amide bonds. The Labute approximate surface area is 123 Å². The number of carboxylic acids is 1. The number of unbranched alkanes of at least 4 members (excludes halogenated alkanes) is 9. The van der Waals surface area contributed by atoms with Crippen LogP contribution in [-0.4, -0.2) is 17.0 Å². The van der Waals surface area contributed by atoms with E-state index in [1.54, 1.807) is 0 Å². The largest absolute Gasteiger partial charge is 0.481 e. The predicted octanol–water partition coefficient (Wildman–Crippen LogP) is 5.55. The van der Waals surface area contributed by atoms with Gasteiger partial charge in [-0.1, -0.05) is 44.3 Å². The second-order valence-electron chi connectivity index (χ2n) is 5.06. The van der Waals surface area contributed by atoms with Gasteiger partial charge in [-0.05, 0) is 38.5 Å². The van der Waals surface area contributed by atoms with Gasteiger partial charge in [-0.3, -0.25) is 4.79 Å². The third kappa shape index (κ3) is 17.5. The molecule has 0 aromatic heterocycles. The molecular formula is C16H29ClO2. The number of aliphatic carboxylic acids is 1. The zero-order valence-electron chi connectivity index (χ0n) is 12.1. The highest BCUT2D eigenvalue weighted by atomic mass is 35.5. The summed E-state index contributed by atoms with van der Waals surface area (Å²) in [4.78, 5) is 10.3. The smallest absolute Gasteiger partial charge is 0.303 e. The van der Waals surface area contributed by atoms with Crippen LogP contribution >= 0.6 is 11.6 Å². The van der Waals surface area contributed by atoms with E-state index in [1.165, 1.54) is 51.4 Å². The molecule has 0 aromatic rings. The fourth-order valence-corrected chi connectivity index (χ4v) is 2.20. The second-order valence-corrected chi connectivity index (χ2v) is 5.44. The second kappa shape index (κ2) is 15.6. The minimum atomic E-state index is -0.672. The van der Waals surface area contributed by atoms with Crippen LogP contribution in [0.1, 0.15) is 77.0 Å². The summed E-state index contributed by atoms with van der Waals surface area (Å²) in [5, 5.41) is 8.49. The Morgan fingerprint density at radius 3 is 1.79 bits per heavy atom. The fraction of sp³-hybridized carbons (Fsp3) is 0.812. The molecule has 0 radical (unpaired) electrons. The van der Waals surface area contributed by atoms with Crippen molar-refractivity contribution in [1.29, 1.82) is 0 Å². The van der Waals surface area contributed by atoms with Crippen LogP contribution in [0.15, 0.2) is 12.2 Å². The zero-order valence-corrected chi connectivity index (χ0v) is 12.8. The first-order chi connectivity index (χ1) is 9.27. The molecule has 3 heteroatoms. The van der Waals surface area contributed by atoms with E-state index in [1.807, 2.05) is 0 Å². The molecule has 0 aliphatic carbocycles. The van der Waals surface area contributed by atoms with Crippen molar-refractivity contribution in [3.63, 3.8) is 0 Å². The van der Waals surface area contributed by atoms with Crippen LogP contribution in [0.5, 0.6) is 0 Å². The van der Waals surface area contributed by atoms with Gasteiger partial charge >= 0.3 is 5.97 Å². The van der Waals surface area contributed by atoms with E-state index in [0.717, 1.165) is 25.1 Å². The van der Waals surface area contributed by atoms with Crippen molar-refractivity contribution in [3.8, 4) is 0 Å². The summed E-state index contributed by atoms with van der Waals surface area (Å²) in [5.41, 5.74) is 0. The van der Waals surface area contributed by atoms with E-state index in [0.29, 0.717) is 6.42 Å². The Morgan fingerprint density at radius 1 is 0.789 bits per heavy atom. The van der Waals surface area contributed by atoms with E-state index < -0.39 is 5.97 Å². The van der Waals surface area contributed by atoms with Gasteiger partial charge in [0.15, 0.2) is 0 Å². The minimum Gasteiger partial charge on any atom is -0.481 e. The molecule has 0 aliphatic rings. The molecule has 0 saturated carbocycles. The summed E-state index contributed by atoms with van der Waals surface area (Å²) < 4.78 is 0. The summed E-state index contributed by atoms with van der Waals surface area (Å²) in [7, 11) is 0. The van der Waals surface area contributed by atoms with E-state index in [4.69, 9.17) is 16.7 Å². The molecule has 0 rings (SSSR count). The molecule has 0 aromatic carbocycles. The van der Waals surface area contributed by atoms with Gasteiger partial charge in [-0.25, -0.2) is 0 Å². The molecule has 19 heavy (non-hydrogen) atoms. The summed E-state index contributed by atoms with van der Waals surface area (Å²) in [6.45, 7) is 0. The van der Waals surface area contributed by atoms with E-state index in [9.17, 15) is 4.79 Å². The third-order valence-corrected chi connectivity index (χ3v) is 3.45. The number of halogens is 1. The first-order valence-electron chi connectivity index (χ1n) is 7.70. The van der Waals surface area contributed by atoms with Crippen molar-refractivity contribution in [2.75, 3.05) is 5.88 Å². The molecular weight excluding hydrogens is 260 g/mol. The molecule has 112 valence electrons. The molecule has 0 saturated heterocycles. The number of alkyl halides is 1. The maximum atomic E-state index is 10.3. The maximum absolute atomic E-state index is 10.3. The number of hydrogen-bond donors (Lipinski definition) is 1. The van der Waals surface area contributed by atoms with Gasteiger partial charge in [0, 0.05) is 12.3 Å². The Bertz CT molecular complexity index is 227. The number of allylic oxidation sites excluding steroid dienone is 2. The first-order valence-corrected chi connectivity index (χ1v) is 8.23. The Balaban J connectivity index is 3.06. The predicted molar refractivity (Wildman–Crippen MR) is 82.9 cm³/mol. The van der Waals surface area contributed by atoms with E-state index in [2.05, 4.69) is 12.2 Å². The fourth-order valence-electron chi connectivity index (χ4n) is 2.01. The first kappa shape index (κ1) is 18.5.